The molecule has 0 aromatic carbocycles. The molecule has 0 aromatic heterocycles. The van der Waals surface area contributed by atoms with Gasteiger partial charge in [0.2, 0.25) is 0 Å². The monoisotopic (exact) mass is 402 g/mol. The number of carbonyl (C=O) groups is 2. The highest BCUT2D eigenvalue weighted by molar-refractivity contribution is 5.91. The molecule has 1 saturated heterocycles. The quantitative estimate of drug-likeness (QED) is 0.267. The van der Waals surface area contributed by atoms with Crippen LogP contribution in [0.5, 0.6) is 0 Å². The highest BCUT2D eigenvalue weighted by Gasteiger charge is 2.46. The minimum Gasteiger partial charge on any atom is -0.481 e. The van der Waals surface area contributed by atoms with Gasteiger partial charge in [0.1, 0.15) is 24.4 Å². The van der Waals surface area contributed by atoms with Gasteiger partial charge < -0.3 is 39.7 Å². The Kier molecular flexibility index (Phi) is 7.70. The normalized spacial score (nSPS) is 37.4. The Morgan fingerprint density at radius 1 is 1.25 bits per heavy atom. The van der Waals surface area contributed by atoms with Crippen LogP contribution in [0, 0.1) is 5.92 Å². The maximum Gasteiger partial charge on any atom is 0.334 e. The van der Waals surface area contributed by atoms with Crippen molar-refractivity contribution in [1.82, 2.24) is 0 Å². The van der Waals surface area contributed by atoms with Gasteiger partial charge in [0.25, 0.3) is 0 Å². The van der Waals surface area contributed by atoms with E-state index in [-0.39, 0.29) is 18.4 Å². The van der Waals surface area contributed by atoms with E-state index in [2.05, 4.69) is 0 Å². The molecule has 0 aromatic rings. The first-order valence-corrected chi connectivity index (χ1v) is 8.87. The lowest BCUT2D eigenvalue weighted by Crippen LogP contribution is -2.59. The lowest BCUT2D eigenvalue weighted by atomic mass is 9.79. The molecule has 10 nitrogen and oxygen atoms in total. The van der Waals surface area contributed by atoms with Crippen molar-refractivity contribution in [2.75, 3.05) is 13.7 Å². The van der Waals surface area contributed by atoms with Crippen molar-refractivity contribution in [1.29, 1.82) is 0 Å². The number of rotatable bonds is 6. The molecule has 0 amide bonds. The van der Waals surface area contributed by atoms with Crippen LogP contribution in [0.15, 0.2) is 23.3 Å². The molecule has 0 radical (unpaired) electrons. The number of carboxylic acids is 1. The van der Waals surface area contributed by atoms with Crippen molar-refractivity contribution in [3.8, 4) is 0 Å². The van der Waals surface area contributed by atoms with Gasteiger partial charge in [-0.3, -0.25) is 4.79 Å². The summed E-state index contributed by atoms with van der Waals surface area (Å²) in [6.07, 6.45) is -4.98. The average molecular weight is 402 g/mol. The van der Waals surface area contributed by atoms with E-state index in [0.29, 0.717) is 5.57 Å². The molecule has 7 atom stereocenters. The number of aliphatic carboxylic acids is 1. The Morgan fingerprint density at radius 2 is 1.93 bits per heavy atom. The van der Waals surface area contributed by atoms with Crippen molar-refractivity contribution in [2.24, 2.45) is 5.92 Å². The summed E-state index contributed by atoms with van der Waals surface area (Å²) in [7, 11) is 1.20. The van der Waals surface area contributed by atoms with E-state index >= 15 is 0 Å². The number of hydrogen-bond acceptors (Lipinski definition) is 9. The number of allylic oxidation sites excluding steroid dienone is 1. The molecule has 0 saturated carbocycles. The molecule has 10 heteroatoms. The van der Waals surface area contributed by atoms with Gasteiger partial charge in [-0.2, -0.15) is 0 Å². The van der Waals surface area contributed by atoms with Gasteiger partial charge in [-0.1, -0.05) is 12.2 Å². The Morgan fingerprint density at radius 3 is 2.46 bits per heavy atom. The van der Waals surface area contributed by atoms with Gasteiger partial charge in [0.15, 0.2) is 6.29 Å². The van der Waals surface area contributed by atoms with Crippen LogP contribution in [-0.4, -0.2) is 88.0 Å². The molecular formula is C18H26O10. The number of carboxylic acid groups (broad SMARTS) is 1. The summed E-state index contributed by atoms with van der Waals surface area (Å²) >= 11 is 0. The summed E-state index contributed by atoms with van der Waals surface area (Å²) in [6.45, 7) is 1.06. The second kappa shape index (κ2) is 9.59. The van der Waals surface area contributed by atoms with Crippen LogP contribution in [0.2, 0.25) is 0 Å². The molecule has 2 unspecified atom stereocenters. The highest BCUT2D eigenvalue weighted by atomic mass is 16.7. The molecule has 1 fully saturated rings. The van der Waals surface area contributed by atoms with Crippen molar-refractivity contribution < 1.29 is 49.3 Å². The largest absolute Gasteiger partial charge is 0.481 e. The summed E-state index contributed by atoms with van der Waals surface area (Å²) in [5.41, 5.74) is 0.689. The van der Waals surface area contributed by atoms with Crippen molar-refractivity contribution in [3.05, 3.63) is 23.3 Å². The first-order valence-electron chi connectivity index (χ1n) is 8.87. The summed E-state index contributed by atoms with van der Waals surface area (Å²) < 4.78 is 15.8. The number of esters is 1. The van der Waals surface area contributed by atoms with E-state index in [1.54, 1.807) is 13.0 Å². The van der Waals surface area contributed by atoms with Crippen molar-refractivity contribution in [2.45, 2.75) is 56.6 Å². The minimum atomic E-state index is -1.59. The third kappa shape index (κ3) is 4.59. The van der Waals surface area contributed by atoms with Gasteiger partial charge >= 0.3 is 11.9 Å². The van der Waals surface area contributed by atoms with E-state index in [1.807, 2.05) is 0 Å². The van der Waals surface area contributed by atoms with Gasteiger partial charge in [-0.05, 0) is 18.9 Å². The zero-order chi connectivity index (χ0) is 21.0. The first-order chi connectivity index (χ1) is 13.2. The number of ether oxygens (including phenoxy) is 3. The molecule has 1 aliphatic heterocycles. The fraction of sp³-hybridized carbons (Fsp3) is 0.667. The molecular weight excluding hydrogens is 376 g/mol. The number of aliphatic hydroxyl groups is 4. The van der Waals surface area contributed by atoms with Crippen molar-refractivity contribution in [3.63, 3.8) is 0 Å². The number of aliphatic hydroxyl groups excluding tert-OH is 4. The summed E-state index contributed by atoms with van der Waals surface area (Å²) in [6, 6.07) is 0. The van der Waals surface area contributed by atoms with E-state index in [4.69, 9.17) is 14.2 Å². The SMILES string of the molecule is C/C=C1/C(O[C@H]2O[C@@H](CO)[C@H](O)[C@H](O)[C@@H]2O)CC=C(C(=O)OC)C1CC(=O)O. The maximum absolute atomic E-state index is 12.0. The van der Waals surface area contributed by atoms with Gasteiger partial charge in [-0.15, -0.1) is 0 Å². The minimum absolute atomic E-state index is 0.176. The van der Waals surface area contributed by atoms with Crippen LogP contribution in [0.4, 0.5) is 0 Å². The Balaban J connectivity index is 2.26. The molecule has 2 rings (SSSR count). The number of carbonyl (C=O) groups excluding carboxylic acids is 1. The second-order valence-electron chi connectivity index (χ2n) is 6.65. The molecule has 0 bridgehead atoms. The fourth-order valence-electron chi connectivity index (χ4n) is 3.53. The second-order valence-corrected chi connectivity index (χ2v) is 6.65. The Labute approximate surface area is 161 Å². The molecule has 5 N–H and O–H groups in total. The van der Waals surface area contributed by atoms with Crippen molar-refractivity contribution >= 4 is 11.9 Å². The molecule has 1 heterocycles. The summed E-state index contributed by atoms with van der Waals surface area (Å²) in [5.74, 6) is -2.55. The standard InChI is InChI=1S/C18H26O10/c1-3-8-10(6-13(20)21)9(17(25)26-2)4-5-11(8)27-18-16(24)15(23)14(22)12(7-19)28-18/h3-4,10-12,14-16,18-19,22-24H,5-7H2,1-2H3,(H,20,21)/b8-3+/t10?,11?,12-,14-,15-,16-,18-/m0/s1. The van der Waals surface area contributed by atoms with E-state index in [0.717, 1.165) is 0 Å². The smallest absolute Gasteiger partial charge is 0.334 e. The predicted octanol–water partition coefficient (Wildman–Crippen LogP) is -1.29. The molecule has 1 aliphatic carbocycles. The predicted molar refractivity (Wildman–Crippen MR) is 92.9 cm³/mol. The van der Waals surface area contributed by atoms with E-state index < -0.39 is 61.3 Å². The zero-order valence-electron chi connectivity index (χ0n) is 15.6. The summed E-state index contributed by atoms with van der Waals surface area (Å²) in [5, 5.41) is 48.4. The average Bonchev–Trinajstić information content (AvgIpc) is 2.67. The Hall–Kier alpha value is -1.82. The van der Waals surface area contributed by atoms with Crippen LogP contribution < -0.4 is 0 Å². The fourth-order valence-corrected chi connectivity index (χ4v) is 3.53. The third-order valence-corrected chi connectivity index (χ3v) is 4.98. The lowest BCUT2D eigenvalue weighted by molar-refractivity contribution is -0.308. The highest BCUT2D eigenvalue weighted by Crippen LogP contribution is 2.37. The topological polar surface area (TPSA) is 163 Å². The summed E-state index contributed by atoms with van der Waals surface area (Å²) in [4.78, 5) is 23.3. The molecule has 0 spiro atoms. The van der Waals surface area contributed by atoms with Crippen LogP contribution in [-0.2, 0) is 23.8 Å². The molecule has 2 aliphatic rings. The third-order valence-electron chi connectivity index (χ3n) is 4.98. The molecule has 28 heavy (non-hydrogen) atoms. The first kappa shape index (κ1) is 22.5. The van der Waals surface area contributed by atoms with Crippen LogP contribution in [0.3, 0.4) is 0 Å². The van der Waals surface area contributed by atoms with Gasteiger partial charge in [-0.25, -0.2) is 4.79 Å². The van der Waals surface area contributed by atoms with Crippen LogP contribution >= 0.6 is 0 Å². The van der Waals surface area contributed by atoms with Crippen LogP contribution in [0.1, 0.15) is 19.8 Å². The van der Waals surface area contributed by atoms with E-state index in [9.17, 15) is 35.1 Å². The number of methoxy groups -OCH3 is 1. The maximum atomic E-state index is 12.0. The van der Waals surface area contributed by atoms with Gasteiger partial charge in [0.05, 0.1) is 26.2 Å². The van der Waals surface area contributed by atoms with Crippen LogP contribution in [0.25, 0.3) is 0 Å². The van der Waals surface area contributed by atoms with E-state index in [1.165, 1.54) is 13.2 Å². The lowest BCUT2D eigenvalue weighted by Gasteiger charge is -2.42. The Bertz CT molecular complexity index is 640. The molecule has 158 valence electrons. The zero-order valence-corrected chi connectivity index (χ0v) is 15.6. The van der Waals surface area contributed by atoms with Gasteiger partial charge in [0, 0.05) is 11.5 Å². The number of hydrogen-bond donors (Lipinski definition) is 5.